The van der Waals surface area contributed by atoms with Gasteiger partial charge >= 0.3 is 0 Å². The van der Waals surface area contributed by atoms with Crippen molar-refractivity contribution in [1.82, 2.24) is 4.90 Å². The van der Waals surface area contributed by atoms with Crippen LogP contribution in [0.1, 0.15) is 19.3 Å². The van der Waals surface area contributed by atoms with Gasteiger partial charge in [0, 0.05) is 13.0 Å². The van der Waals surface area contributed by atoms with Gasteiger partial charge in [0.15, 0.2) is 0 Å². The number of likely N-dealkylation sites (tertiary alicyclic amines) is 1. The first kappa shape index (κ1) is 9.08. The standard InChI is InChI=1S/C9H14N2O/c1-2-3-6-11-7-4-5-8(11)9(10)12/h1,8H,3-7H2,(H2,10,12)/t8-/m0/s1. The monoisotopic (exact) mass is 166 g/mol. The maximum Gasteiger partial charge on any atom is 0.234 e. The Balaban J connectivity index is 2.42. The first-order valence-corrected chi connectivity index (χ1v) is 4.22. The van der Waals surface area contributed by atoms with Gasteiger partial charge in [-0.15, -0.1) is 12.3 Å². The summed E-state index contributed by atoms with van der Waals surface area (Å²) >= 11 is 0. The lowest BCUT2D eigenvalue weighted by Gasteiger charge is -2.20. The van der Waals surface area contributed by atoms with Crippen molar-refractivity contribution >= 4 is 5.91 Å². The molecule has 0 saturated carbocycles. The molecule has 1 amide bonds. The number of hydrogen-bond acceptors (Lipinski definition) is 2. The summed E-state index contributed by atoms with van der Waals surface area (Å²) in [5.41, 5.74) is 5.23. The molecule has 1 rings (SSSR count). The highest BCUT2D eigenvalue weighted by atomic mass is 16.1. The Hall–Kier alpha value is -1.01. The van der Waals surface area contributed by atoms with Crippen LogP contribution in [0.2, 0.25) is 0 Å². The minimum Gasteiger partial charge on any atom is -0.368 e. The molecule has 3 nitrogen and oxygen atoms in total. The van der Waals surface area contributed by atoms with Crippen molar-refractivity contribution < 1.29 is 4.79 Å². The second-order valence-corrected chi connectivity index (χ2v) is 3.05. The maximum atomic E-state index is 10.9. The fraction of sp³-hybridized carbons (Fsp3) is 0.667. The zero-order chi connectivity index (χ0) is 8.97. The van der Waals surface area contributed by atoms with E-state index in [0.717, 1.165) is 25.9 Å². The highest BCUT2D eigenvalue weighted by molar-refractivity contribution is 5.80. The Labute approximate surface area is 72.9 Å². The highest BCUT2D eigenvalue weighted by Gasteiger charge is 2.27. The summed E-state index contributed by atoms with van der Waals surface area (Å²) in [5, 5.41) is 0. The van der Waals surface area contributed by atoms with Crippen LogP contribution in [0, 0.1) is 12.3 Å². The van der Waals surface area contributed by atoms with Crippen LogP contribution < -0.4 is 5.73 Å². The van der Waals surface area contributed by atoms with Gasteiger partial charge < -0.3 is 5.73 Å². The molecule has 12 heavy (non-hydrogen) atoms. The average molecular weight is 166 g/mol. The number of nitrogens with zero attached hydrogens (tertiary/aromatic N) is 1. The molecule has 0 unspecified atom stereocenters. The zero-order valence-corrected chi connectivity index (χ0v) is 7.12. The van der Waals surface area contributed by atoms with Gasteiger partial charge in [-0.3, -0.25) is 9.69 Å². The van der Waals surface area contributed by atoms with Crippen LogP contribution in [-0.2, 0) is 4.79 Å². The van der Waals surface area contributed by atoms with Gasteiger partial charge in [-0.05, 0) is 19.4 Å². The SMILES string of the molecule is C#CCCN1CCC[C@H]1C(N)=O. The van der Waals surface area contributed by atoms with Gasteiger partial charge in [0.1, 0.15) is 0 Å². The lowest BCUT2D eigenvalue weighted by molar-refractivity contribution is -0.122. The average Bonchev–Trinajstić information content (AvgIpc) is 2.48. The fourth-order valence-corrected chi connectivity index (χ4v) is 1.62. The summed E-state index contributed by atoms with van der Waals surface area (Å²) in [6, 6.07) is -0.0710. The molecule has 1 atom stereocenters. The third-order valence-electron chi connectivity index (χ3n) is 2.24. The Morgan fingerprint density at radius 3 is 3.08 bits per heavy atom. The molecular weight excluding hydrogens is 152 g/mol. The third-order valence-corrected chi connectivity index (χ3v) is 2.24. The maximum absolute atomic E-state index is 10.9. The summed E-state index contributed by atoms with van der Waals surface area (Å²) in [4.78, 5) is 13.0. The van der Waals surface area contributed by atoms with Gasteiger partial charge in [-0.1, -0.05) is 0 Å². The van der Waals surface area contributed by atoms with E-state index in [0.29, 0.717) is 6.42 Å². The Morgan fingerprint density at radius 2 is 2.50 bits per heavy atom. The van der Waals surface area contributed by atoms with Crippen molar-refractivity contribution in [3.05, 3.63) is 0 Å². The fourth-order valence-electron chi connectivity index (χ4n) is 1.62. The summed E-state index contributed by atoms with van der Waals surface area (Å²) < 4.78 is 0. The first-order valence-electron chi connectivity index (χ1n) is 4.22. The van der Waals surface area contributed by atoms with Crippen LogP contribution in [0.5, 0.6) is 0 Å². The lowest BCUT2D eigenvalue weighted by Crippen LogP contribution is -2.40. The predicted molar refractivity (Wildman–Crippen MR) is 47.2 cm³/mol. The van der Waals surface area contributed by atoms with E-state index in [1.807, 2.05) is 0 Å². The minimum absolute atomic E-state index is 0.0710. The van der Waals surface area contributed by atoms with Gasteiger partial charge in [0.2, 0.25) is 5.91 Å². The van der Waals surface area contributed by atoms with E-state index in [1.165, 1.54) is 0 Å². The van der Waals surface area contributed by atoms with Crippen molar-refractivity contribution in [2.75, 3.05) is 13.1 Å². The number of carbonyl (C=O) groups is 1. The molecule has 0 aliphatic carbocycles. The highest BCUT2D eigenvalue weighted by Crippen LogP contribution is 2.16. The second-order valence-electron chi connectivity index (χ2n) is 3.05. The third kappa shape index (κ3) is 1.99. The van der Waals surface area contributed by atoms with Gasteiger partial charge in [0.05, 0.1) is 6.04 Å². The van der Waals surface area contributed by atoms with Crippen molar-refractivity contribution in [3.8, 4) is 12.3 Å². The molecule has 66 valence electrons. The number of amides is 1. The Morgan fingerprint density at radius 1 is 1.75 bits per heavy atom. The zero-order valence-electron chi connectivity index (χ0n) is 7.12. The number of terminal acetylenes is 1. The molecule has 0 aromatic heterocycles. The van der Waals surface area contributed by atoms with Gasteiger partial charge in [0.25, 0.3) is 0 Å². The summed E-state index contributed by atoms with van der Waals surface area (Å²) in [5.74, 6) is 2.34. The van der Waals surface area contributed by atoms with E-state index >= 15 is 0 Å². The Kier molecular flexibility index (Phi) is 3.12. The Bertz CT molecular complexity index is 207. The summed E-state index contributed by atoms with van der Waals surface area (Å²) in [6.45, 7) is 1.75. The number of hydrogen-bond donors (Lipinski definition) is 1. The van der Waals surface area contributed by atoms with Crippen LogP contribution in [0.15, 0.2) is 0 Å². The first-order chi connectivity index (χ1) is 5.75. The topological polar surface area (TPSA) is 46.3 Å². The van der Waals surface area contributed by atoms with Crippen LogP contribution in [0.25, 0.3) is 0 Å². The molecule has 1 aliphatic heterocycles. The normalized spacial score (nSPS) is 23.8. The van der Waals surface area contributed by atoms with Gasteiger partial charge in [-0.25, -0.2) is 0 Å². The van der Waals surface area contributed by atoms with Gasteiger partial charge in [-0.2, -0.15) is 0 Å². The summed E-state index contributed by atoms with van der Waals surface area (Å²) in [7, 11) is 0. The van der Waals surface area contributed by atoms with Crippen molar-refractivity contribution in [1.29, 1.82) is 0 Å². The molecule has 0 aromatic carbocycles. The van der Waals surface area contributed by atoms with E-state index in [4.69, 9.17) is 12.2 Å². The van der Waals surface area contributed by atoms with E-state index < -0.39 is 0 Å². The molecule has 0 spiro atoms. The molecule has 1 aliphatic rings. The van der Waals surface area contributed by atoms with E-state index in [-0.39, 0.29) is 11.9 Å². The number of nitrogens with two attached hydrogens (primary N) is 1. The quantitative estimate of drug-likeness (QED) is 0.598. The van der Waals surface area contributed by atoms with Crippen molar-refractivity contribution in [2.24, 2.45) is 5.73 Å². The molecular formula is C9H14N2O. The molecule has 2 N–H and O–H groups in total. The smallest absolute Gasteiger partial charge is 0.234 e. The van der Waals surface area contributed by atoms with Crippen molar-refractivity contribution in [3.63, 3.8) is 0 Å². The molecule has 0 aromatic rings. The molecule has 0 radical (unpaired) electrons. The minimum atomic E-state index is -0.218. The van der Waals surface area contributed by atoms with Crippen molar-refractivity contribution in [2.45, 2.75) is 25.3 Å². The van der Waals surface area contributed by atoms with E-state index in [1.54, 1.807) is 0 Å². The van der Waals surface area contributed by atoms with E-state index in [2.05, 4.69) is 10.8 Å². The second kappa shape index (κ2) is 4.13. The molecule has 1 saturated heterocycles. The number of primary amides is 1. The molecule has 1 heterocycles. The van der Waals surface area contributed by atoms with Crippen LogP contribution in [-0.4, -0.2) is 29.9 Å². The summed E-state index contributed by atoms with van der Waals surface area (Å²) in [6.07, 6.45) is 7.78. The largest absolute Gasteiger partial charge is 0.368 e. The van der Waals surface area contributed by atoms with Crippen LogP contribution in [0.3, 0.4) is 0 Å². The lowest BCUT2D eigenvalue weighted by atomic mass is 10.2. The van der Waals surface area contributed by atoms with E-state index in [9.17, 15) is 4.79 Å². The van der Waals surface area contributed by atoms with Crippen LogP contribution in [0.4, 0.5) is 0 Å². The molecule has 1 fully saturated rings. The predicted octanol–water partition coefficient (Wildman–Crippen LogP) is -0.0406. The number of rotatable bonds is 3. The molecule has 3 heteroatoms. The van der Waals surface area contributed by atoms with Crippen LogP contribution >= 0.6 is 0 Å². The molecule has 0 bridgehead atoms. The number of carbonyl (C=O) groups excluding carboxylic acids is 1.